The molecule has 240 valence electrons. The van der Waals surface area contributed by atoms with Gasteiger partial charge in [-0.25, -0.2) is 5.06 Å². The molecule has 5 nitrogen and oxygen atoms in total. The molecule has 5 saturated carbocycles. The van der Waals surface area contributed by atoms with E-state index in [0.717, 1.165) is 36.4 Å². The third-order valence-corrected chi connectivity index (χ3v) is 21.1. The van der Waals surface area contributed by atoms with Crippen molar-refractivity contribution in [2.45, 2.75) is 150 Å². The fourth-order valence-electron chi connectivity index (χ4n) is 13.4. The van der Waals surface area contributed by atoms with Crippen molar-refractivity contribution in [3.05, 3.63) is 0 Å². The van der Waals surface area contributed by atoms with Crippen molar-refractivity contribution >= 4 is 14.2 Å². The molecule has 6 heteroatoms. The molecule has 0 aromatic heterocycles. The SMILES string of the molecule is CC[Si](CC)(CC)O[C@H]1[C@H]2O[C@@H](C(=O)N(C)OC)C[C@@H](C)C2[C@@]2(C)CC[C@@]34CC35CC[C@H](C)C(C)(C)[C@@H]5CC[C@H]4[C@]12C. The van der Waals surface area contributed by atoms with Gasteiger partial charge in [-0.15, -0.1) is 0 Å². The smallest absolute Gasteiger partial charge is 0.274 e. The number of amides is 1. The van der Waals surface area contributed by atoms with Crippen LogP contribution in [0.2, 0.25) is 18.1 Å². The van der Waals surface area contributed by atoms with E-state index < -0.39 is 14.4 Å². The number of nitrogens with zero attached hydrogens (tertiary/aromatic N) is 1. The number of fused-ring (bicyclic) bond motifs is 4. The lowest BCUT2D eigenvalue weighted by molar-refractivity contribution is -0.199. The van der Waals surface area contributed by atoms with Gasteiger partial charge in [0.15, 0.2) is 8.32 Å². The molecule has 6 aliphatic rings. The molecule has 1 saturated heterocycles. The largest absolute Gasteiger partial charge is 0.411 e. The molecule has 6 rings (SSSR count). The van der Waals surface area contributed by atoms with E-state index in [1.807, 2.05) is 0 Å². The van der Waals surface area contributed by atoms with Crippen LogP contribution < -0.4 is 0 Å². The van der Waals surface area contributed by atoms with Crippen molar-refractivity contribution in [1.82, 2.24) is 5.06 Å². The summed E-state index contributed by atoms with van der Waals surface area (Å²) in [4.78, 5) is 18.8. The number of carbonyl (C=O) groups excluding carboxylic acids is 1. The maximum absolute atomic E-state index is 13.5. The Balaban J connectivity index is 1.45. The van der Waals surface area contributed by atoms with Crippen molar-refractivity contribution in [2.75, 3.05) is 14.2 Å². The summed E-state index contributed by atoms with van der Waals surface area (Å²) < 4.78 is 14.9. The number of rotatable bonds is 7. The summed E-state index contributed by atoms with van der Waals surface area (Å²) in [5, 5.41) is 1.37. The molecule has 1 amide bonds. The quantitative estimate of drug-likeness (QED) is 0.217. The molecule has 6 fully saturated rings. The molecule has 0 bridgehead atoms. The second-order valence-corrected chi connectivity index (χ2v) is 22.0. The first-order chi connectivity index (χ1) is 19.7. The highest BCUT2D eigenvalue weighted by Crippen LogP contribution is 2.89. The number of hydroxylamine groups is 2. The van der Waals surface area contributed by atoms with Gasteiger partial charge in [-0.3, -0.25) is 9.63 Å². The summed E-state index contributed by atoms with van der Waals surface area (Å²) in [5.41, 5.74) is 1.65. The fourth-order valence-corrected chi connectivity index (χ4v) is 16.3. The Kier molecular flexibility index (Phi) is 7.53. The number of carbonyl (C=O) groups is 1. The summed E-state index contributed by atoms with van der Waals surface area (Å²) in [7, 11) is 1.34. The van der Waals surface area contributed by atoms with Gasteiger partial charge in [0.05, 0.1) is 19.3 Å². The molecule has 0 radical (unpaired) electrons. The Hall–Kier alpha value is -0.433. The number of hydrogen-bond acceptors (Lipinski definition) is 4. The first kappa shape index (κ1) is 31.5. The predicted octanol–water partition coefficient (Wildman–Crippen LogP) is 8.49. The van der Waals surface area contributed by atoms with Crippen LogP contribution in [0.3, 0.4) is 0 Å². The van der Waals surface area contributed by atoms with E-state index in [1.165, 1.54) is 50.0 Å². The first-order valence-corrected chi connectivity index (χ1v) is 20.4. The second-order valence-electron chi connectivity index (χ2n) is 17.3. The normalized spacial score (nSPS) is 50.5. The fraction of sp³-hybridized carbons (Fsp3) is 0.972. The molecule has 0 N–H and O–H groups in total. The Morgan fingerprint density at radius 1 is 0.929 bits per heavy atom. The van der Waals surface area contributed by atoms with E-state index in [4.69, 9.17) is 14.0 Å². The van der Waals surface area contributed by atoms with Crippen molar-refractivity contribution in [2.24, 2.45) is 56.7 Å². The molecule has 0 aromatic carbocycles. The van der Waals surface area contributed by atoms with Crippen LogP contribution in [0.5, 0.6) is 0 Å². The van der Waals surface area contributed by atoms with Gasteiger partial charge in [-0.05, 0) is 121 Å². The minimum absolute atomic E-state index is 0.0233. The van der Waals surface area contributed by atoms with Crippen molar-refractivity contribution < 1.29 is 18.8 Å². The van der Waals surface area contributed by atoms with Crippen molar-refractivity contribution in [3.63, 3.8) is 0 Å². The van der Waals surface area contributed by atoms with Gasteiger partial charge in [0, 0.05) is 12.5 Å². The monoisotopic (exact) mass is 601 g/mol. The van der Waals surface area contributed by atoms with Crippen molar-refractivity contribution in [3.8, 4) is 0 Å². The van der Waals surface area contributed by atoms with Crippen LogP contribution in [0.1, 0.15) is 114 Å². The lowest BCUT2D eigenvalue weighted by Gasteiger charge is -2.64. The van der Waals surface area contributed by atoms with Crippen LogP contribution in [0.4, 0.5) is 0 Å². The minimum Gasteiger partial charge on any atom is -0.411 e. The van der Waals surface area contributed by atoms with Crippen LogP contribution in [0.15, 0.2) is 0 Å². The zero-order chi connectivity index (χ0) is 30.7. The Morgan fingerprint density at radius 3 is 2.17 bits per heavy atom. The summed E-state index contributed by atoms with van der Waals surface area (Å²) in [6.07, 6.45) is 10.0. The summed E-state index contributed by atoms with van der Waals surface area (Å²) in [6, 6.07) is 3.46. The van der Waals surface area contributed by atoms with Gasteiger partial charge in [-0.2, -0.15) is 0 Å². The third kappa shape index (κ3) is 3.73. The lowest BCUT2D eigenvalue weighted by atomic mass is 9.41. The second kappa shape index (κ2) is 10.0. The first-order valence-electron chi connectivity index (χ1n) is 17.8. The molecule has 12 atom stereocenters. The number of likely N-dealkylation sites (N-methyl/N-ethyl adjacent to an activating group) is 1. The average Bonchev–Trinajstić information content (AvgIpc) is 3.60. The van der Waals surface area contributed by atoms with Crippen LogP contribution in [0.25, 0.3) is 0 Å². The maximum atomic E-state index is 13.5. The molecule has 1 aliphatic heterocycles. The van der Waals surface area contributed by atoms with Gasteiger partial charge in [-0.1, -0.05) is 62.3 Å². The van der Waals surface area contributed by atoms with E-state index >= 15 is 0 Å². The van der Waals surface area contributed by atoms with Gasteiger partial charge < -0.3 is 9.16 Å². The molecule has 1 heterocycles. The van der Waals surface area contributed by atoms with Gasteiger partial charge in [0.1, 0.15) is 6.10 Å². The Morgan fingerprint density at radius 2 is 1.55 bits per heavy atom. The lowest BCUT2D eigenvalue weighted by Crippen LogP contribution is -2.60. The van der Waals surface area contributed by atoms with Crippen molar-refractivity contribution in [1.29, 1.82) is 0 Å². The average molecular weight is 602 g/mol. The molecule has 0 aromatic rings. The van der Waals surface area contributed by atoms with Gasteiger partial charge >= 0.3 is 0 Å². The summed E-state index contributed by atoms with van der Waals surface area (Å²) in [6.45, 7) is 22.6. The third-order valence-electron chi connectivity index (χ3n) is 16.5. The highest BCUT2D eigenvalue weighted by atomic mass is 28.4. The van der Waals surface area contributed by atoms with E-state index in [1.54, 1.807) is 14.2 Å². The van der Waals surface area contributed by atoms with E-state index in [2.05, 4.69) is 62.3 Å². The summed E-state index contributed by atoms with van der Waals surface area (Å²) >= 11 is 0. The van der Waals surface area contributed by atoms with E-state index in [9.17, 15) is 4.79 Å². The van der Waals surface area contributed by atoms with Crippen LogP contribution in [-0.4, -0.2) is 51.8 Å². The molecule has 5 aliphatic carbocycles. The predicted molar refractivity (Wildman–Crippen MR) is 171 cm³/mol. The zero-order valence-electron chi connectivity index (χ0n) is 29.0. The van der Waals surface area contributed by atoms with E-state index in [-0.39, 0.29) is 28.9 Å². The maximum Gasteiger partial charge on any atom is 0.274 e. The molecule has 42 heavy (non-hydrogen) atoms. The standard InChI is InChI=1S/C36H63NO4Si/c1-12-42(13-2,14-3)41-30-29-28(23(4)21-25(40-29)31(38)37(10)39-11)33(8)19-20-36-22-35(36)18-17-24(5)32(6,7)26(35)15-16-27(36)34(30,33)9/h23-30H,12-22H2,1-11H3/t23-,24+,25-,26+,27+,28?,29+,30+,33-,34-,35?,36+/m1/s1. The topological polar surface area (TPSA) is 48.0 Å². The summed E-state index contributed by atoms with van der Waals surface area (Å²) in [5.74, 6) is 3.15. The number of ether oxygens (including phenoxy) is 1. The Labute approximate surface area is 258 Å². The molecular formula is C36H63NO4Si. The number of hydrogen-bond donors (Lipinski definition) is 0. The van der Waals surface area contributed by atoms with Gasteiger partial charge in [0.2, 0.25) is 0 Å². The van der Waals surface area contributed by atoms with Crippen LogP contribution >= 0.6 is 0 Å². The highest BCUT2D eigenvalue weighted by Gasteiger charge is 2.84. The molecular weight excluding hydrogens is 538 g/mol. The van der Waals surface area contributed by atoms with Crippen LogP contribution in [0, 0.1) is 56.7 Å². The molecule has 2 spiro atoms. The molecule has 2 unspecified atom stereocenters. The zero-order valence-corrected chi connectivity index (χ0v) is 30.0. The minimum atomic E-state index is -1.95. The highest BCUT2D eigenvalue weighted by molar-refractivity contribution is 6.73. The van der Waals surface area contributed by atoms with Gasteiger partial charge in [0.25, 0.3) is 5.91 Å². The van der Waals surface area contributed by atoms with Crippen LogP contribution in [-0.2, 0) is 18.8 Å². The van der Waals surface area contributed by atoms with E-state index in [0.29, 0.717) is 34.0 Å². The Bertz CT molecular complexity index is 1070.